The zero-order valence-electron chi connectivity index (χ0n) is 16.6. The molecule has 0 spiro atoms. The van der Waals surface area contributed by atoms with E-state index in [-0.39, 0.29) is 11.2 Å². The molecule has 1 N–H and O–H groups in total. The van der Waals surface area contributed by atoms with Crippen LogP contribution in [0.2, 0.25) is 0 Å². The van der Waals surface area contributed by atoms with Crippen LogP contribution in [0.15, 0.2) is 53.3 Å². The van der Waals surface area contributed by atoms with Gasteiger partial charge in [0, 0.05) is 22.6 Å². The number of rotatable bonds is 5. The van der Waals surface area contributed by atoms with Crippen LogP contribution in [0.1, 0.15) is 28.8 Å². The van der Waals surface area contributed by atoms with Gasteiger partial charge in [0.05, 0.1) is 10.3 Å². The van der Waals surface area contributed by atoms with Crippen LogP contribution in [0, 0.1) is 10.1 Å². The maximum Gasteiger partial charge on any atom is 0.269 e. The molecule has 8 heteroatoms. The van der Waals surface area contributed by atoms with E-state index in [1.165, 1.54) is 29.0 Å². The second-order valence-corrected chi connectivity index (χ2v) is 8.63. The fraction of sp³-hybridized carbons (Fsp3) is 0.217. The predicted octanol–water partition coefficient (Wildman–Crippen LogP) is 5.02. The van der Waals surface area contributed by atoms with Gasteiger partial charge in [-0.25, -0.2) is 4.98 Å². The van der Waals surface area contributed by atoms with Crippen LogP contribution in [0.3, 0.4) is 0 Å². The summed E-state index contributed by atoms with van der Waals surface area (Å²) in [6, 6.07) is 13.7. The summed E-state index contributed by atoms with van der Waals surface area (Å²) < 4.78 is 5.77. The summed E-state index contributed by atoms with van der Waals surface area (Å²) in [7, 11) is 0. The maximum atomic E-state index is 12.7. The zero-order chi connectivity index (χ0) is 21.4. The number of non-ortho nitro benzene ring substituents is 1. The van der Waals surface area contributed by atoms with Crippen molar-refractivity contribution < 1.29 is 9.66 Å². The summed E-state index contributed by atoms with van der Waals surface area (Å²) in [5.41, 5.74) is 2.82. The van der Waals surface area contributed by atoms with Gasteiger partial charge in [-0.1, -0.05) is 0 Å². The Balaban J connectivity index is 1.34. The van der Waals surface area contributed by atoms with Crippen LogP contribution in [-0.2, 0) is 19.4 Å². The lowest BCUT2D eigenvalue weighted by Gasteiger charge is -2.09. The number of ether oxygens (including phenoxy) is 1. The van der Waals surface area contributed by atoms with E-state index in [4.69, 9.17) is 9.72 Å². The molecule has 5 rings (SSSR count). The van der Waals surface area contributed by atoms with Gasteiger partial charge >= 0.3 is 0 Å². The van der Waals surface area contributed by atoms with Crippen molar-refractivity contribution in [3.05, 3.63) is 85.0 Å². The Labute approximate surface area is 181 Å². The van der Waals surface area contributed by atoms with Gasteiger partial charge in [0.15, 0.2) is 0 Å². The maximum absolute atomic E-state index is 12.7. The van der Waals surface area contributed by atoms with Crippen LogP contribution in [0.5, 0.6) is 5.75 Å². The van der Waals surface area contributed by atoms with Gasteiger partial charge in [-0.15, -0.1) is 11.3 Å². The van der Waals surface area contributed by atoms with Crippen LogP contribution < -0.4 is 10.3 Å². The molecule has 31 heavy (non-hydrogen) atoms. The topological polar surface area (TPSA) is 98.1 Å². The number of H-pyrrole nitrogens is 1. The number of nitro benzene ring substituents is 1. The molecule has 0 fully saturated rings. The van der Waals surface area contributed by atoms with Crippen molar-refractivity contribution in [2.45, 2.75) is 32.3 Å². The van der Waals surface area contributed by atoms with Gasteiger partial charge in [0.1, 0.15) is 23.0 Å². The SMILES string of the molecule is O=c1[nH]c(-c2ccc(OCc3ccc([N+](=O)[O-])cc3)cc2)nc2sc3c(c12)CCCC3. The second kappa shape index (κ2) is 7.96. The van der Waals surface area contributed by atoms with Crippen molar-refractivity contribution in [1.82, 2.24) is 9.97 Å². The fourth-order valence-corrected chi connectivity index (χ4v) is 5.15. The Morgan fingerprint density at radius 1 is 1.06 bits per heavy atom. The third-order valence-corrected chi connectivity index (χ3v) is 6.69. The molecule has 2 aromatic carbocycles. The summed E-state index contributed by atoms with van der Waals surface area (Å²) in [5.74, 6) is 1.22. The van der Waals surface area contributed by atoms with Gasteiger partial charge in [-0.05, 0) is 73.2 Å². The lowest BCUT2D eigenvalue weighted by molar-refractivity contribution is -0.384. The van der Waals surface area contributed by atoms with Crippen molar-refractivity contribution >= 4 is 27.2 Å². The van der Waals surface area contributed by atoms with E-state index < -0.39 is 4.92 Å². The van der Waals surface area contributed by atoms with E-state index in [1.54, 1.807) is 23.5 Å². The number of nitrogens with one attached hydrogen (secondary N) is 1. The molecule has 2 heterocycles. The molecule has 0 saturated carbocycles. The Morgan fingerprint density at radius 2 is 1.81 bits per heavy atom. The number of benzene rings is 2. The number of hydrogen-bond acceptors (Lipinski definition) is 6. The highest BCUT2D eigenvalue weighted by molar-refractivity contribution is 7.18. The zero-order valence-corrected chi connectivity index (χ0v) is 17.4. The first-order chi connectivity index (χ1) is 15.1. The molecule has 0 aliphatic heterocycles. The van der Waals surface area contributed by atoms with E-state index in [2.05, 4.69) is 4.98 Å². The third-order valence-electron chi connectivity index (χ3n) is 5.51. The molecule has 7 nitrogen and oxygen atoms in total. The van der Waals surface area contributed by atoms with Gasteiger partial charge in [-0.2, -0.15) is 0 Å². The first kappa shape index (κ1) is 19.4. The molecule has 0 radical (unpaired) electrons. The average Bonchev–Trinajstić information content (AvgIpc) is 3.17. The summed E-state index contributed by atoms with van der Waals surface area (Å²) in [4.78, 5) is 32.8. The first-order valence-corrected chi connectivity index (χ1v) is 10.9. The minimum absolute atomic E-state index is 0.0538. The predicted molar refractivity (Wildman–Crippen MR) is 120 cm³/mol. The largest absolute Gasteiger partial charge is 0.489 e. The quantitative estimate of drug-likeness (QED) is 0.352. The molecular weight excluding hydrogens is 414 g/mol. The van der Waals surface area contributed by atoms with E-state index in [1.807, 2.05) is 24.3 Å². The molecule has 0 saturated heterocycles. The van der Waals surface area contributed by atoms with Crippen molar-refractivity contribution in [2.75, 3.05) is 0 Å². The van der Waals surface area contributed by atoms with Gasteiger partial charge < -0.3 is 9.72 Å². The minimum atomic E-state index is -0.426. The van der Waals surface area contributed by atoms with Crippen molar-refractivity contribution in [3.63, 3.8) is 0 Å². The number of hydrogen-bond donors (Lipinski definition) is 1. The Kier molecular flexibility index (Phi) is 4.99. The molecular formula is C23H19N3O4S. The van der Waals surface area contributed by atoms with Crippen molar-refractivity contribution in [1.29, 1.82) is 0 Å². The highest BCUT2D eigenvalue weighted by Gasteiger charge is 2.20. The monoisotopic (exact) mass is 433 g/mol. The first-order valence-electron chi connectivity index (χ1n) is 10.1. The number of fused-ring (bicyclic) bond motifs is 3. The van der Waals surface area contributed by atoms with E-state index in [0.29, 0.717) is 18.2 Å². The highest BCUT2D eigenvalue weighted by atomic mass is 32.1. The molecule has 156 valence electrons. The Morgan fingerprint density at radius 3 is 2.55 bits per heavy atom. The standard InChI is InChI=1S/C23H19N3O4S/c27-22-20-18-3-1-2-4-19(18)31-23(20)25-21(24-22)15-7-11-17(12-8-15)30-13-14-5-9-16(10-6-14)26(28)29/h5-12H,1-4,13H2,(H,24,25,27). The molecule has 4 aromatic rings. The normalized spacial score (nSPS) is 13.2. The highest BCUT2D eigenvalue weighted by Crippen LogP contribution is 2.34. The van der Waals surface area contributed by atoms with Crippen molar-refractivity contribution in [3.8, 4) is 17.1 Å². The molecule has 0 amide bonds. The molecule has 0 unspecified atom stereocenters. The number of thiophene rings is 1. The lowest BCUT2D eigenvalue weighted by Crippen LogP contribution is -2.11. The molecule has 1 aliphatic carbocycles. The summed E-state index contributed by atoms with van der Waals surface area (Å²) in [6.07, 6.45) is 4.29. The van der Waals surface area contributed by atoms with E-state index in [9.17, 15) is 14.9 Å². The number of aromatic amines is 1. The fourth-order valence-electron chi connectivity index (χ4n) is 3.89. The summed E-state index contributed by atoms with van der Waals surface area (Å²) in [6.45, 7) is 0.305. The minimum Gasteiger partial charge on any atom is -0.489 e. The van der Waals surface area contributed by atoms with Crippen molar-refractivity contribution in [2.24, 2.45) is 0 Å². The number of aromatic nitrogens is 2. The smallest absolute Gasteiger partial charge is 0.269 e. The van der Waals surface area contributed by atoms with Crippen LogP contribution >= 0.6 is 11.3 Å². The third kappa shape index (κ3) is 3.82. The number of aryl methyl sites for hydroxylation is 2. The van der Waals surface area contributed by atoms with Crippen LogP contribution in [0.4, 0.5) is 5.69 Å². The lowest BCUT2D eigenvalue weighted by atomic mass is 9.97. The number of nitrogens with zero attached hydrogens (tertiary/aromatic N) is 2. The molecule has 2 aromatic heterocycles. The van der Waals surface area contributed by atoms with E-state index >= 15 is 0 Å². The molecule has 0 atom stereocenters. The van der Waals surface area contributed by atoms with Gasteiger partial charge in [0.25, 0.3) is 11.2 Å². The average molecular weight is 433 g/mol. The van der Waals surface area contributed by atoms with Crippen LogP contribution in [0.25, 0.3) is 21.6 Å². The Bertz CT molecular complexity index is 1320. The second-order valence-electron chi connectivity index (χ2n) is 7.54. The Hall–Kier alpha value is -3.52. The summed E-state index contributed by atoms with van der Waals surface area (Å²) in [5, 5.41) is 11.5. The van der Waals surface area contributed by atoms with Gasteiger partial charge in [-0.3, -0.25) is 14.9 Å². The number of nitro groups is 1. The molecule has 1 aliphatic rings. The van der Waals surface area contributed by atoms with Crippen LogP contribution in [-0.4, -0.2) is 14.9 Å². The molecule has 0 bridgehead atoms. The van der Waals surface area contributed by atoms with E-state index in [0.717, 1.165) is 40.6 Å². The van der Waals surface area contributed by atoms with Gasteiger partial charge in [0.2, 0.25) is 0 Å². The summed E-state index contributed by atoms with van der Waals surface area (Å²) >= 11 is 1.64.